The first-order valence-corrected chi connectivity index (χ1v) is 7.68. The fourth-order valence-corrected chi connectivity index (χ4v) is 2.86. The summed E-state index contributed by atoms with van der Waals surface area (Å²) < 4.78 is 0. The van der Waals surface area contributed by atoms with Crippen molar-refractivity contribution in [3.05, 3.63) is 16.1 Å². The van der Waals surface area contributed by atoms with Crippen molar-refractivity contribution in [2.75, 3.05) is 13.1 Å². The van der Waals surface area contributed by atoms with Gasteiger partial charge in [-0.1, -0.05) is 27.7 Å². The monoisotopic (exact) mass is 295 g/mol. The standard InChI is InChI=1S/C14H21N3O2S/c1-5-11(18)17-7-9(8-17)16-12(19)10-6-15-13(20-10)14(2,3)4/h6,9H,5,7-8H2,1-4H3,(H,16,19). The Bertz CT molecular complexity index is 513. The van der Waals surface area contributed by atoms with Gasteiger partial charge < -0.3 is 10.2 Å². The molecule has 2 amide bonds. The Morgan fingerprint density at radius 3 is 2.60 bits per heavy atom. The van der Waals surface area contributed by atoms with Crippen LogP contribution in [0.2, 0.25) is 0 Å². The highest BCUT2D eigenvalue weighted by atomic mass is 32.1. The maximum Gasteiger partial charge on any atom is 0.263 e. The molecule has 0 saturated carbocycles. The SMILES string of the molecule is CCC(=O)N1CC(NC(=O)c2cnc(C(C)(C)C)s2)C1. The number of rotatable bonds is 3. The molecule has 0 unspecified atom stereocenters. The van der Waals surface area contributed by atoms with Crippen LogP contribution in [0.4, 0.5) is 0 Å². The van der Waals surface area contributed by atoms with Crippen molar-refractivity contribution in [2.45, 2.75) is 45.6 Å². The quantitative estimate of drug-likeness (QED) is 0.925. The number of amides is 2. The Hall–Kier alpha value is -1.43. The van der Waals surface area contributed by atoms with Crippen molar-refractivity contribution < 1.29 is 9.59 Å². The number of nitrogens with one attached hydrogen (secondary N) is 1. The molecule has 2 heterocycles. The summed E-state index contributed by atoms with van der Waals surface area (Å²) in [6.45, 7) is 9.31. The van der Waals surface area contributed by atoms with Crippen LogP contribution >= 0.6 is 11.3 Å². The molecule has 0 spiro atoms. The van der Waals surface area contributed by atoms with E-state index in [0.717, 1.165) is 5.01 Å². The summed E-state index contributed by atoms with van der Waals surface area (Å²) in [5.74, 6) is 0.0508. The van der Waals surface area contributed by atoms with Crippen molar-refractivity contribution in [3.63, 3.8) is 0 Å². The van der Waals surface area contributed by atoms with Gasteiger partial charge in [-0.05, 0) is 0 Å². The third-order valence-electron chi connectivity index (χ3n) is 3.24. The van der Waals surface area contributed by atoms with E-state index < -0.39 is 0 Å². The topological polar surface area (TPSA) is 62.3 Å². The summed E-state index contributed by atoms with van der Waals surface area (Å²) >= 11 is 1.43. The van der Waals surface area contributed by atoms with E-state index in [0.29, 0.717) is 24.4 Å². The maximum atomic E-state index is 12.1. The van der Waals surface area contributed by atoms with Crippen molar-refractivity contribution in [2.24, 2.45) is 0 Å². The van der Waals surface area contributed by atoms with Crippen molar-refractivity contribution in [3.8, 4) is 0 Å². The zero-order valence-electron chi connectivity index (χ0n) is 12.4. The largest absolute Gasteiger partial charge is 0.345 e. The highest BCUT2D eigenvalue weighted by Crippen LogP contribution is 2.26. The molecule has 6 heteroatoms. The number of likely N-dealkylation sites (tertiary alicyclic amines) is 1. The number of nitrogens with zero attached hydrogens (tertiary/aromatic N) is 2. The molecule has 1 aliphatic heterocycles. The molecule has 0 radical (unpaired) electrons. The minimum absolute atomic E-state index is 0.0377. The van der Waals surface area contributed by atoms with Gasteiger partial charge in [-0.3, -0.25) is 9.59 Å². The Kier molecular flexibility index (Phi) is 4.13. The Labute approximate surface area is 123 Å². The lowest BCUT2D eigenvalue weighted by atomic mass is 9.98. The van der Waals surface area contributed by atoms with Gasteiger partial charge in [0, 0.05) is 24.9 Å². The van der Waals surface area contributed by atoms with Crippen LogP contribution in [-0.4, -0.2) is 40.8 Å². The second-order valence-corrected chi connectivity index (χ2v) is 7.13. The lowest BCUT2D eigenvalue weighted by Gasteiger charge is -2.39. The van der Waals surface area contributed by atoms with Crippen molar-refractivity contribution in [1.82, 2.24) is 15.2 Å². The van der Waals surface area contributed by atoms with E-state index in [1.165, 1.54) is 11.3 Å². The number of hydrogen-bond donors (Lipinski definition) is 1. The van der Waals surface area contributed by atoms with E-state index in [1.807, 2.05) is 6.92 Å². The summed E-state index contributed by atoms with van der Waals surface area (Å²) in [4.78, 5) is 30.2. The molecule has 0 bridgehead atoms. The molecule has 1 aromatic heterocycles. The average Bonchev–Trinajstić information content (AvgIpc) is 2.81. The number of carbonyl (C=O) groups is 2. The third kappa shape index (κ3) is 3.17. The van der Waals surface area contributed by atoms with E-state index in [-0.39, 0.29) is 23.3 Å². The molecule has 20 heavy (non-hydrogen) atoms. The zero-order chi connectivity index (χ0) is 14.9. The Morgan fingerprint density at radius 1 is 1.45 bits per heavy atom. The van der Waals surface area contributed by atoms with Gasteiger partial charge in [0.15, 0.2) is 0 Å². The van der Waals surface area contributed by atoms with Gasteiger partial charge in [0.05, 0.1) is 17.2 Å². The van der Waals surface area contributed by atoms with E-state index in [9.17, 15) is 9.59 Å². The first kappa shape index (κ1) is 15.0. The molecular weight excluding hydrogens is 274 g/mol. The maximum absolute atomic E-state index is 12.1. The van der Waals surface area contributed by atoms with Crippen LogP contribution in [0, 0.1) is 0 Å². The second kappa shape index (κ2) is 5.52. The van der Waals surface area contributed by atoms with Gasteiger partial charge in [0.25, 0.3) is 5.91 Å². The third-order valence-corrected chi connectivity index (χ3v) is 4.66. The lowest BCUT2D eigenvalue weighted by Crippen LogP contribution is -2.60. The molecule has 0 aromatic carbocycles. The number of aromatic nitrogens is 1. The fraction of sp³-hybridized carbons (Fsp3) is 0.643. The summed E-state index contributed by atoms with van der Waals surface area (Å²) in [5, 5.41) is 3.90. The van der Waals surface area contributed by atoms with Gasteiger partial charge in [0.2, 0.25) is 5.91 Å². The van der Waals surface area contributed by atoms with Crippen LogP contribution < -0.4 is 5.32 Å². The molecule has 110 valence electrons. The van der Waals surface area contributed by atoms with E-state index in [2.05, 4.69) is 31.1 Å². The number of thiazole rings is 1. The fourth-order valence-electron chi connectivity index (χ4n) is 1.98. The summed E-state index contributed by atoms with van der Waals surface area (Å²) in [5.41, 5.74) is -0.0377. The van der Waals surface area contributed by atoms with Crippen molar-refractivity contribution in [1.29, 1.82) is 0 Å². The molecule has 1 aromatic rings. The Morgan fingerprint density at radius 2 is 2.10 bits per heavy atom. The smallest absolute Gasteiger partial charge is 0.263 e. The molecule has 1 saturated heterocycles. The molecule has 0 aliphatic carbocycles. The van der Waals surface area contributed by atoms with E-state index in [4.69, 9.17) is 0 Å². The highest BCUT2D eigenvalue weighted by Gasteiger charge is 2.31. The van der Waals surface area contributed by atoms with Gasteiger partial charge in [-0.15, -0.1) is 11.3 Å². The molecule has 0 atom stereocenters. The van der Waals surface area contributed by atoms with Crippen LogP contribution in [0.3, 0.4) is 0 Å². The van der Waals surface area contributed by atoms with Gasteiger partial charge in [0.1, 0.15) is 4.88 Å². The van der Waals surface area contributed by atoms with E-state index >= 15 is 0 Å². The predicted octanol–water partition coefficient (Wildman–Crippen LogP) is 1.79. The normalized spacial score (nSPS) is 15.9. The summed E-state index contributed by atoms with van der Waals surface area (Å²) in [7, 11) is 0. The second-order valence-electron chi connectivity index (χ2n) is 6.10. The number of hydrogen-bond acceptors (Lipinski definition) is 4. The first-order chi connectivity index (χ1) is 9.31. The van der Waals surface area contributed by atoms with E-state index in [1.54, 1.807) is 11.1 Å². The van der Waals surface area contributed by atoms with Gasteiger partial charge >= 0.3 is 0 Å². The van der Waals surface area contributed by atoms with Gasteiger partial charge in [-0.2, -0.15) is 0 Å². The van der Waals surface area contributed by atoms with Crippen molar-refractivity contribution >= 4 is 23.2 Å². The van der Waals surface area contributed by atoms with Crippen LogP contribution in [0.1, 0.15) is 48.8 Å². The molecular formula is C14H21N3O2S. The zero-order valence-corrected chi connectivity index (χ0v) is 13.2. The predicted molar refractivity (Wildman–Crippen MR) is 78.9 cm³/mol. The molecule has 1 aliphatic rings. The van der Waals surface area contributed by atoms with Crippen LogP contribution in [-0.2, 0) is 10.2 Å². The molecule has 1 fully saturated rings. The highest BCUT2D eigenvalue weighted by molar-refractivity contribution is 7.13. The minimum Gasteiger partial charge on any atom is -0.345 e. The summed E-state index contributed by atoms with van der Waals surface area (Å²) in [6.07, 6.45) is 2.15. The van der Waals surface area contributed by atoms with Crippen LogP contribution in [0.15, 0.2) is 6.20 Å². The molecule has 1 N–H and O–H groups in total. The van der Waals surface area contributed by atoms with Crippen LogP contribution in [0.25, 0.3) is 0 Å². The average molecular weight is 295 g/mol. The molecule has 5 nitrogen and oxygen atoms in total. The Balaban J connectivity index is 1.88. The first-order valence-electron chi connectivity index (χ1n) is 6.86. The lowest BCUT2D eigenvalue weighted by molar-refractivity contribution is -0.135. The van der Waals surface area contributed by atoms with Gasteiger partial charge in [-0.25, -0.2) is 4.98 Å². The molecule has 2 rings (SSSR count). The summed E-state index contributed by atoms with van der Waals surface area (Å²) in [6, 6.07) is 0.0678. The minimum atomic E-state index is -0.0911. The van der Waals surface area contributed by atoms with Crippen LogP contribution in [0.5, 0.6) is 0 Å². The number of carbonyl (C=O) groups excluding carboxylic acids is 2.